The number of carbonyl (C=O) groups excluding carboxylic acids is 1. The zero-order valence-corrected chi connectivity index (χ0v) is 13.5. The minimum absolute atomic E-state index is 0.188. The molecule has 0 spiro atoms. The number of rotatable bonds is 2. The number of thiocarbonyl (C=S) groups is 1. The van der Waals surface area contributed by atoms with Crippen LogP contribution in [-0.4, -0.2) is 53.4 Å². The molecule has 0 bridgehead atoms. The minimum atomic E-state index is -0.565. The van der Waals surface area contributed by atoms with Crippen LogP contribution in [0.1, 0.15) is 45.4 Å². The van der Waals surface area contributed by atoms with Gasteiger partial charge in [-0.1, -0.05) is 31.5 Å². The number of amides is 1. The highest BCUT2D eigenvalue weighted by Gasteiger charge is 2.45. The molecule has 1 unspecified atom stereocenters. The number of hydrogen-bond donors (Lipinski definition) is 1. The molecule has 1 aliphatic heterocycles. The van der Waals surface area contributed by atoms with Gasteiger partial charge in [0.25, 0.3) is 0 Å². The third-order valence-electron chi connectivity index (χ3n) is 4.90. The van der Waals surface area contributed by atoms with E-state index in [9.17, 15) is 4.79 Å². The largest absolute Gasteiger partial charge is 0.392 e. The molecule has 1 saturated heterocycles. The topological polar surface area (TPSA) is 49.6 Å². The van der Waals surface area contributed by atoms with E-state index in [1.165, 1.54) is 6.42 Å². The molecular formula is C15H27N3OS. The van der Waals surface area contributed by atoms with Crippen molar-refractivity contribution in [2.75, 3.05) is 26.7 Å². The van der Waals surface area contributed by atoms with Gasteiger partial charge >= 0.3 is 0 Å². The van der Waals surface area contributed by atoms with Crippen molar-refractivity contribution in [3.05, 3.63) is 0 Å². The van der Waals surface area contributed by atoms with Crippen molar-refractivity contribution in [3.8, 4) is 0 Å². The Bertz CT molecular complexity index is 379. The van der Waals surface area contributed by atoms with Crippen LogP contribution in [0.4, 0.5) is 0 Å². The maximum absolute atomic E-state index is 13.1. The molecule has 2 fully saturated rings. The third-order valence-corrected chi connectivity index (χ3v) is 5.29. The van der Waals surface area contributed by atoms with Crippen LogP contribution in [0.25, 0.3) is 0 Å². The standard InChI is InChI=1S/C15H27N3OS/c1-12-11-17(2)9-6-10-18(12)14(19)15(13(16)20)7-4-3-5-8-15/h12H,3-11H2,1-2H3,(H2,16,20). The summed E-state index contributed by atoms with van der Waals surface area (Å²) in [6, 6.07) is 0.239. The van der Waals surface area contributed by atoms with Crippen molar-refractivity contribution in [3.63, 3.8) is 0 Å². The Morgan fingerprint density at radius 1 is 1.20 bits per heavy atom. The first-order chi connectivity index (χ1) is 9.47. The summed E-state index contributed by atoms with van der Waals surface area (Å²) in [6.07, 6.45) is 6.01. The fraction of sp³-hybridized carbons (Fsp3) is 0.867. The van der Waals surface area contributed by atoms with E-state index in [-0.39, 0.29) is 11.9 Å². The van der Waals surface area contributed by atoms with E-state index in [4.69, 9.17) is 18.0 Å². The normalized spacial score (nSPS) is 27.9. The Labute approximate surface area is 127 Å². The Balaban J connectivity index is 2.20. The van der Waals surface area contributed by atoms with E-state index in [1.54, 1.807) is 0 Å². The summed E-state index contributed by atoms with van der Waals surface area (Å²) >= 11 is 5.29. The predicted octanol–water partition coefficient (Wildman–Crippen LogP) is 1.78. The van der Waals surface area contributed by atoms with Crippen molar-refractivity contribution < 1.29 is 4.79 Å². The molecule has 4 nitrogen and oxygen atoms in total. The van der Waals surface area contributed by atoms with Crippen LogP contribution in [0.5, 0.6) is 0 Å². The lowest BCUT2D eigenvalue weighted by molar-refractivity contribution is -0.141. The molecule has 0 aromatic carbocycles. The Morgan fingerprint density at radius 3 is 2.45 bits per heavy atom. The highest BCUT2D eigenvalue weighted by molar-refractivity contribution is 7.80. The van der Waals surface area contributed by atoms with Gasteiger partial charge in [0.15, 0.2) is 0 Å². The van der Waals surface area contributed by atoms with Crippen molar-refractivity contribution in [2.24, 2.45) is 11.1 Å². The van der Waals surface area contributed by atoms with Gasteiger partial charge in [-0.25, -0.2) is 0 Å². The van der Waals surface area contributed by atoms with Crippen LogP contribution in [0.15, 0.2) is 0 Å². The molecular weight excluding hydrogens is 270 g/mol. The molecule has 1 amide bonds. The molecule has 0 radical (unpaired) electrons. The number of hydrogen-bond acceptors (Lipinski definition) is 3. The fourth-order valence-electron chi connectivity index (χ4n) is 3.67. The summed E-state index contributed by atoms with van der Waals surface area (Å²) in [5, 5.41) is 0. The molecule has 1 atom stereocenters. The molecule has 2 rings (SSSR count). The lowest BCUT2D eigenvalue weighted by atomic mass is 9.72. The zero-order valence-electron chi connectivity index (χ0n) is 12.7. The smallest absolute Gasteiger partial charge is 0.235 e. The second kappa shape index (κ2) is 6.39. The molecule has 2 aliphatic rings. The highest BCUT2D eigenvalue weighted by atomic mass is 32.1. The van der Waals surface area contributed by atoms with Gasteiger partial charge in [0, 0.05) is 19.1 Å². The van der Waals surface area contributed by atoms with E-state index in [2.05, 4.69) is 18.9 Å². The van der Waals surface area contributed by atoms with Crippen LogP contribution in [0, 0.1) is 5.41 Å². The number of carbonyl (C=O) groups is 1. The van der Waals surface area contributed by atoms with Crippen molar-refractivity contribution in [1.82, 2.24) is 9.80 Å². The van der Waals surface area contributed by atoms with E-state index in [0.29, 0.717) is 4.99 Å². The highest BCUT2D eigenvalue weighted by Crippen LogP contribution is 2.39. The van der Waals surface area contributed by atoms with Crippen LogP contribution in [0.2, 0.25) is 0 Å². The van der Waals surface area contributed by atoms with Gasteiger partial charge in [0.2, 0.25) is 5.91 Å². The Morgan fingerprint density at radius 2 is 1.85 bits per heavy atom. The van der Waals surface area contributed by atoms with E-state index in [0.717, 1.165) is 51.7 Å². The summed E-state index contributed by atoms with van der Waals surface area (Å²) in [5.41, 5.74) is 5.43. The molecule has 1 saturated carbocycles. The Kier molecular flexibility index (Phi) is 5.02. The van der Waals surface area contributed by atoms with Crippen LogP contribution >= 0.6 is 12.2 Å². The van der Waals surface area contributed by atoms with Crippen LogP contribution < -0.4 is 5.73 Å². The molecule has 114 valence electrons. The van der Waals surface area contributed by atoms with Crippen molar-refractivity contribution in [1.29, 1.82) is 0 Å². The quantitative estimate of drug-likeness (QED) is 0.789. The maximum Gasteiger partial charge on any atom is 0.235 e. The number of likely N-dealkylation sites (N-methyl/N-ethyl adjacent to an activating group) is 1. The van der Waals surface area contributed by atoms with Crippen LogP contribution in [0.3, 0.4) is 0 Å². The minimum Gasteiger partial charge on any atom is -0.392 e. The lowest BCUT2D eigenvalue weighted by Crippen LogP contribution is -2.54. The van der Waals surface area contributed by atoms with Gasteiger partial charge in [0.05, 0.1) is 10.4 Å². The summed E-state index contributed by atoms with van der Waals surface area (Å²) in [5.74, 6) is 0.188. The third kappa shape index (κ3) is 2.98. The predicted molar refractivity (Wildman–Crippen MR) is 85.6 cm³/mol. The first-order valence-corrected chi connectivity index (χ1v) is 8.18. The van der Waals surface area contributed by atoms with E-state index in [1.807, 2.05) is 4.90 Å². The number of nitrogens with zero attached hydrogens (tertiary/aromatic N) is 2. The average molecular weight is 297 g/mol. The first-order valence-electron chi connectivity index (χ1n) is 7.77. The summed E-state index contributed by atoms with van der Waals surface area (Å²) in [6.45, 7) is 4.94. The van der Waals surface area contributed by atoms with E-state index >= 15 is 0 Å². The van der Waals surface area contributed by atoms with Gasteiger partial charge in [-0.05, 0) is 39.8 Å². The Hall–Kier alpha value is -0.680. The molecule has 2 N–H and O–H groups in total. The zero-order chi connectivity index (χ0) is 14.8. The van der Waals surface area contributed by atoms with Crippen molar-refractivity contribution in [2.45, 2.75) is 51.5 Å². The monoisotopic (exact) mass is 297 g/mol. The van der Waals surface area contributed by atoms with Gasteiger partial charge in [-0.15, -0.1) is 0 Å². The van der Waals surface area contributed by atoms with Crippen LogP contribution in [-0.2, 0) is 4.79 Å². The second-order valence-electron chi connectivity index (χ2n) is 6.47. The SMILES string of the molecule is CC1CN(C)CCCN1C(=O)C1(C(N)=S)CCCCC1. The average Bonchev–Trinajstić information content (AvgIpc) is 2.59. The van der Waals surface area contributed by atoms with E-state index < -0.39 is 5.41 Å². The van der Waals surface area contributed by atoms with Gasteiger partial charge in [0.1, 0.15) is 0 Å². The fourth-order valence-corrected chi connectivity index (χ4v) is 3.96. The molecule has 0 aromatic heterocycles. The molecule has 5 heteroatoms. The summed E-state index contributed by atoms with van der Waals surface area (Å²) in [7, 11) is 2.12. The van der Waals surface area contributed by atoms with Gasteiger partial charge < -0.3 is 15.5 Å². The lowest BCUT2D eigenvalue weighted by Gasteiger charge is -2.41. The summed E-state index contributed by atoms with van der Waals surface area (Å²) in [4.78, 5) is 17.9. The first kappa shape index (κ1) is 15.7. The second-order valence-corrected chi connectivity index (χ2v) is 6.91. The number of nitrogens with two attached hydrogens (primary N) is 1. The molecule has 1 aliphatic carbocycles. The summed E-state index contributed by atoms with van der Waals surface area (Å²) < 4.78 is 0. The molecule has 0 aromatic rings. The van der Waals surface area contributed by atoms with Crippen molar-refractivity contribution >= 4 is 23.1 Å². The molecule has 20 heavy (non-hydrogen) atoms. The molecule has 1 heterocycles. The van der Waals surface area contributed by atoms with Gasteiger partial charge in [-0.2, -0.15) is 0 Å². The maximum atomic E-state index is 13.1. The van der Waals surface area contributed by atoms with Gasteiger partial charge in [-0.3, -0.25) is 4.79 Å².